The van der Waals surface area contributed by atoms with Crippen molar-refractivity contribution >= 4 is 22.1 Å². The minimum Gasteiger partial charge on any atom is -0.507 e. The van der Waals surface area contributed by atoms with Crippen LogP contribution < -0.4 is 0 Å². The minimum atomic E-state index is -0.363. The molecule has 0 spiro atoms. The highest BCUT2D eigenvalue weighted by atomic mass is 16.3. The first-order valence-electron chi connectivity index (χ1n) is 29.2. The summed E-state index contributed by atoms with van der Waals surface area (Å²) < 4.78 is 4.76. The zero-order valence-corrected chi connectivity index (χ0v) is 50.9. The van der Waals surface area contributed by atoms with Gasteiger partial charge in [-0.05, 0) is 168 Å². The van der Waals surface area contributed by atoms with Gasteiger partial charge in [-0.25, -0.2) is 9.97 Å². The topological polar surface area (TPSA) is 79.7 Å². The van der Waals surface area contributed by atoms with Gasteiger partial charge in [0, 0.05) is 16.7 Å². The number of nitriles is 1. The van der Waals surface area contributed by atoms with Crippen LogP contribution >= 0.6 is 0 Å². The van der Waals surface area contributed by atoms with Crippen molar-refractivity contribution in [1.29, 1.82) is 5.26 Å². The van der Waals surface area contributed by atoms with E-state index < -0.39 is 0 Å². The number of hydrogen-bond donors (Lipinski definition) is 1. The molecule has 81 heavy (non-hydrogen) atoms. The van der Waals surface area contributed by atoms with Crippen LogP contribution in [0.2, 0.25) is 0 Å². The first-order valence-corrected chi connectivity index (χ1v) is 29.2. The molecule has 0 fully saturated rings. The van der Waals surface area contributed by atoms with Gasteiger partial charge in [0.2, 0.25) is 0 Å². The molecule has 0 saturated carbocycles. The highest BCUT2D eigenvalue weighted by Gasteiger charge is 2.32. The predicted octanol–water partition coefficient (Wildman–Crippen LogP) is 20.7. The zero-order chi connectivity index (χ0) is 58.2. The van der Waals surface area contributed by atoms with Gasteiger partial charge in [-0.3, -0.25) is 9.13 Å². The van der Waals surface area contributed by atoms with Crippen LogP contribution in [0.15, 0.2) is 152 Å². The van der Waals surface area contributed by atoms with E-state index in [1.54, 1.807) is 0 Å². The molecular formula is C75H81N5O. The van der Waals surface area contributed by atoms with E-state index in [0.717, 1.165) is 72.6 Å². The normalized spacial score (nSPS) is 12.5. The number of benzene rings is 8. The minimum absolute atomic E-state index is 0.144. The van der Waals surface area contributed by atoms with Gasteiger partial charge in [0.25, 0.3) is 0 Å². The van der Waals surface area contributed by atoms with Gasteiger partial charge in [0.05, 0.1) is 50.6 Å². The first kappa shape index (κ1) is 56.3. The summed E-state index contributed by atoms with van der Waals surface area (Å²) in [5, 5.41) is 23.2. The standard InChI is InChI=1S/C75H81N5O/c1-44(2)58-37-51(49-25-20-18-21-26-49)38-59(45(3)4)68(58)79-65-32-31-48(43-76)33-64(65)77-71(79)54-34-53(35-55(36-54)73(9,10)11)57-29-24-30-66-67(57)78-72(62-41-56(74(12,13)14)42-63(70(62)81)75(15,16)17)80(66)69-60(46(5)6)39-52(40-61(69)47(7)8)50-27-22-19-23-28-50/h18-42,44-47,81H,1-17H3. The van der Waals surface area contributed by atoms with E-state index in [0.29, 0.717) is 17.0 Å². The van der Waals surface area contributed by atoms with Gasteiger partial charge in [-0.15, -0.1) is 0 Å². The maximum absolute atomic E-state index is 12.9. The van der Waals surface area contributed by atoms with Crippen molar-refractivity contribution in [3.05, 3.63) is 196 Å². The Morgan fingerprint density at radius 1 is 0.420 bits per heavy atom. The smallest absolute Gasteiger partial charge is 0.149 e. The molecule has 10 rings (SSSR count). The molecule has 0 aliphatic heterocycles. The summed E-state index contributed by atoms with van der Waals surface area (Å²) in [4.78, 5) is 11.5. The zero-order valence-electron chi connectivity index (χ0n) is 50.9. The van der Waals surface area contributed by atoms with Gasteiger partial charge in [0.15, 0.2) is 0 Å². The molecular weight excluding hydrogens is 987 g/mol. The number of fused-ring (bicyclic) bond motifs is 2. The van der Waals surface area contributed by atoms with Crippen LogP contribution in [-0.2, 0) is 16.2 Å². The van der Waals surface area contributed by atoms with Gasteiger partial charge in [0.1, 0.15) is 17.4 Å². The number of aromatic nitrogens is 4. The molecule has 1 N–H and O–H groups in total. The number of phenolic OH excluding ortho intramolecular Hbond substituents is 1. The van der Waals surface area contributed by atoms with E-state index in [1.165, 1.54) is 44.5 Å². The third kappa shape index (κ3) is 10.5. The average molecular weight is 1070 g/mol. The Bertz CT molecular complexity index is 4000. The summed E-state index contributed by atoms with van der Waals surface area (Å²) in [6.07, 6.45) is 0. The summed E-state index contributed by atoms with van der Waals surface area (Å²) in [6, 6.07) is 57.2. The molecule has 0 amide bonds. The van der Waals surface area contributed by atoms with Crippen LogP contribution in [0.4, 0.5) is 0 Å². The van der Waals surface area contributed by atoms with E-state index in [1.807, 2.05) is 12.1 Å². The molecule has 2 aromatic heterocycles. The molecule has 8 aromatic carbocycles. The van der Waals surface area contributed by atoms with Crippen LogP contribution in [0, 0.1) is 11.3 Å². The van der Waals surface area contributed by atoms with Crippen LogP contribution in [-0.4, -0.2) is 24.2 Å². The number of nitrogens with zero attached hydrogens (tertiary/aromatic N) is 5. The van der Waals surface area contributed by atoms with E-state index in [9.17, 15) is 10.4 Å². The quantitative estimate of drug-likeness (QED) is 0.140. The second-order valence-electron chi connectivity index (χ2n) is 26.9. The van der Waals surface area contributed by atoms with E-state index >= 15 is 0 Å². The monoisotopic (exact) mass is 1070 g/mol. The number of hydrogen-bond acceptors (Lipinski definition) is 4. The molecule has 6 heteroatoms. The van der Waals surface area contributed by atoms with Crippen molar-refractivity contribution in [3.8, 4) is 79.3 Å². The van der Waals surface area contributed by atoms with Gasteiger partial charge < -0.3 is 5.11 Å². The number of imidazole rings is 2. The van der Waals surface area contributed by atoms with Gasteiger partial charge >= 0.3 is 0 Å². The third-order valence-corrected chi connectivity index (χ3v) is 16.3. The lowest BCUT2D eigenvalue weighted by Crippen LogP contribution is -2.17. The molecule has 2 heterocycles. The van der Waals surface area contributed by atoms with Crippen LogP contribution in [0.3, 0.4) is 0 Å². The van der Waals surface area contributed by atoms with Gasteiger partial charge in [-0.1, -0.05) is 203 Å². The Morgan fingerprint density at radius 2 is 0.901 bits per heavy atom. The summed E-state index contributed by atoms with van der Waals surface area (Å²) in [5.41, 5.74) is 21.9. The fourth-order valence-electron chi connectivity index (χ4n) is 11.7. The molecule has 0 unspecified atom stereocenters. The highest BCUT2D eigenvalue weighted by molar-refractivity contribution is 5.98. The number of para-hydroxylation sites is 1. The van der Waals surface area contributed by atoms with Crippen LogP contribution in [0.5, 0.6) is 5.75 Å². The Balaban J connectivity index is 1.33. The molecule has 0 aliphatic rings. The summed E-state index contributed by atoms with van der Waals surface area (Å²) in [6.45, 7) is 38.4. The lowest BCUT2D eigenvalue weighted by Gasteiger charge is -2.28. The summed E-state index contributed by atoms with van der Waals surface area (Å²) >= 11 is 0. The Labute approximate surface area is 482 Å². The molecule has 0 atom stereocenters. The molecule has 0 aliphatic carbocycles. The fourth-order valence-corrected chi connectivity index (χ4v) is 11.7. The highest BCUT2D eigenvalue weighted by Crippen LogP contribution is 2.48. The molecule has 0 radical (unpaired) electrons. The largest absolute Gasteiger partial charge is 0.507 e. The average Bonchev–Trinajstić information content (AvgIpc) is 4.04. The number of phenols is 1. The predicted molar refractivity (Wildman–Crippen MR) is 342 cm³/mol. The number of aromatic hydroxyl groups is 1. The Kier molecular flexibility index (Phi) is 14.7. The van der Waals surface area contributed by atoms with Crippen molar-refractivity contribution in [2.45, 2.75) is 158 Å². The molecule has 0 saturated heterocycles. The molecule has 10 aromatic rings. The van der Waals surface area contributed by atoms with E-state index in [4.69, 9.17) is 9.97 Å². The summed E-state index contributed by atoms with van der Waals surface area (Å²) in [5.74, 6) is 2.40. The van der Waals surface area contributed by atoms with Crippen molar-refractivity contribution in [3.63, 3.8) is 0 Å². The second kappa shape index (κ2) is 21.1. The molecule has 6 nitrogen and oxygen atoms in total. The molecule has 0 bridgehead atoms. The lowest BCUT2D eigenvalue weighted by atomic mass is 9.78. The van der Waals surface area contributed by atoms with E-state index in [-0.39, 0.29) is 45.7 Å². The SMILES string of the molecule is CC(C)c1cc(-c2ccccc2)cc(C(C)C)c1-n1c(-c2cc(-c3cccc4c3nc(-c3cc(C(C)(C)C)cc(C(C)(C)C)c3O)n4-c3c(C(C)C)cc(-c4ccccc4)cc3C(C)C)cc(C(C)(C)C)c2)nc2cc(C#N)ccc21. The third-order valence-electron chi connectivity index (χ3n) is 16.3. The Morgan fingerprint density at radius 3 is 1.37 bits per heavy atom. The van der Waals surface area contributed by atoms with Crippen molar-refractivity contribution in [2.75, 3.05) is 0 Å². The van der Waals surface area contributed by atoms with Gasteiger partial charge in [-0.2, -0.15) is 5.26 Å². The number of rotatable bonds is 11. The Hall–Kier alpha value is -8.01. The maximum Gasteiger partial charge on any atom is 0.149 e. The lowest BCUT2D eigenvalue weighted by molar-refractivity contribution is 0.446. The second-order valence-corrected chi connectivity index (χ2v) is 26.9. The van der Waals surface area contributed by atoms with Crippen LogP contribution in [0.25, 0.3) is 89.6 Å². The molecule has 412 valence electrons. The first-order chi connectivity index (χ1) is 38.2. The van der Waals surface area contributed by atoms with E-state index in [2.05, 4.69) is 272 Å². The fraction of sp³-hybridized carbons (Fsp3) is 0.320. The van der Waals surface area contributed by atoms with Crippen molar-refractivity contribution < 1.29 is 5.11 Å². The maximum atomic E-state index is 12.9. The van der Waals surface area contributed by atoms with Crippen molar-refractivity contribution in [1.82, 2.24) is 19.1 Å². The van der Waals surface area contributed by atoms with Crippen LogP contribution in [0.1, 0.15) is 186 Å². The summed E-state index contributed by atoms with van der Waals surface area (Å²) in [7, 11) is 0. The van der Waals surface area contributed by atoms with Crippen molar-refractivity contribution in [2.24, 2.45) is 0 Å².